The highest BCUT2D eigenvalue weighted by Crippen LogP contribution is 2.27. The van der Waals surface area contributed by atoms with Gasteiger partial charge in [-0.15, -0.1) is 10.2 Å². The molecule has 1 aromatic heterocycles. The van der Waals surface area contributed by atoms with Crippen LogP contribution in [-0.2, 0) is 12.3 Å². The second-order valence-electron chi connectivity index (χ2n) is 8.21. The van der Waals surface area contributed by atoms with E-state index in [9.17, 15) is 14.9 Å². The molecule has 11 heteroatoms. The minimum atomic E-state index is -0.451. The third-order valence-electron chi connectivity index (χ3n) is 4.42. The van der Waals surface area contributed by atoms with E-state index in [0.717, 1.165) is 11.3 Å². The number of nitro groups is 1. The summed E-state index contributed by atoms with van der Waals surface area (Å²) in [5, 5.41) is 25.8. The molecule has 0 spiro atoms. The lowest BCUT2D eigenvalue weighted by atomic mass is 10.1. The summed E-state index contributed by atoms with van der Waals surface area (Å²) >= 11 is 1.46. The van der Waals surface area contributed by atoms with Crippen molar-refractivity contribution in [1.82, 2.24) is 25.4 Å². The predicted octanol–water partition coefficient (Wildman–Crippen LogP) is 4.07. The van der Waals surface area contributed by atoms with Crippen molar-refractivity contribution in [1.29, 1.82) is 0 Å². The van der Waals surface area contributed by atoms with Crippen molar-refractivity contribution in [2.45, 2.75) is 43.8 Å². The van der Waals surface area contributed by atoms with Crippen LogP contribution < -0.4 is 15.4 Å². The van der Waals surface area contributed by atoms with Crippen LogP contribution in [0.1, 0.15) is 32.2 Å². The quantitative estimate of drug-likeness (QED) is 0.289. The summed E-state index contributed by atoms with van der Waals surface area (Å²) in [4.78, 5) is 22.8. The van der Waals surface area contributed by atoms with E-state index in [2.05, 4.69) is 20.8 Å². The van der Waals surface area contributed by atoms with Gasteiger partial charge in [0.1, 0.15) is 5.75 Å². The van der Waals surface area contributed by atoms with Crippen LogP contribution in [0.25, 0.3) is 5.69 Å². The summed E-state index contributed by atoms with van der Waals surface area (Å²) in [5.41, 5.74) is 1.31. The second kappa shape index (κ2) is 10.3. The van der Waals surface area contributed by atoms with Crippen LogP contribution in [0.15, 0.2) is 53.7 Å². The Balaban J connectivity index is 1.85. The molecular formula is C22H26N6O4S. The summed E-state index contributed by atoms with van der Waals surface area (Å²) in [6.45, 7) is 5.80. The number of carbonyl (C=O) groups excluding carboxylic acids is 1. The van der Waals surface area contributed by atoms with Crippen molar-refractivity contribution in [3.8, 4) is 11.4 Å². The van der Waals surface area contributed by atoms with Gasteiger partial charge in [-0.2, -0.15) is 0 Å². The van der Waals surface area contributed by atoms with Crippen molar-refractivity contribution in [3.63, 3.8) is 0 Å². The first kappa shape index (κ1) is 24.1. The number of nitro benzene ring substituents is 1. The Hall–Kier alpha value is -3.60. The maximum absolute atomic E-state index is 12.2. The Bertz CT molecular complexity index is 1120. The molecule has 2 amide bonds. The standard InChI is InChI=1S/C22H26N6O4S/c1-22(2,3)24-20(29)23-13-19-25-26-21(33-14-15-6-5-7-18(12-15)32-4)27(19)16-8-10-17(11-9-16)28(30)31/h5-12H,13-14H2,1-4H3,(H2,23,24,29). The smallest absolute Gasteiger partial charge is 0.315 e. The molecule has 10 nitrogen and oxygen atoms in total. The molecule has 1 heterocycles. The van der Waals surface area contributed by atoms with Gasteiger partial charge in [-0.25, -0.2) is 4.79 Å². The van der Waals surface area contributed by atoms with Crippen LogP contribution in [0.2, 0.25) is 0 Å². The lowest BCUT2D eigenvalue weighted by Crippen LogP contribution is -2.46. The molecule has 0 bridgehead atoms. The number of aromatic nitrogens is 3. The summed E-state index contributed by atoms with van der Waals surface area (Å²) in [5.74, 6) is 1.88. The predicted molar refractivity (Wildman–Crippen MR) is 126 cm³/mol. The minimum absolute atomic E-state index is 0.0124. The highest BCUT2D eigenvalue weighted by Gasteiger charge is 2.18. The molecule has 0 aliphatic rings. The van der Waals surface area contributed by atoms with Crippen LogP contribution in [0.4, 0.5) is 10.5 Å². The number of amides is 2. The van der Waals surface area contributed by atoms with E-state index in [0.29, 0.717) is 22.4 Å². The number of benzene rings is 2. The van der Waals surface area contributed by atoms with E-state index in [1.54, 1.807) is 23.8 Å². The fourth-order valence-corrected chi connectivity index (χ4v) is 3.86. The van der Waals surface area contributed by atoms with E-state index < -0.39 is 4.92 Å². The van der Waals surface area contributed by atoms with Crippen molar-refractivity contribution >= 4 is 23.5 Å². The third-order valence-corrected chi connectivity index (χ3v) is 5.42. The summed E-state index contributed by atoms with van der Waals surface area (Å²) in [6, 6.07) is 13.5. The van der Waals surface area contributed by atoms with Gasteiger partial charge < -0.3 is 15.4 Å². The van der Waals surface area contributed by atoms with Crippen molar-refractivity contribution in [2.24, 2.45) is 0 Å². The number of nitrogens with one attached hydrogen (secondary N) is 2. The van der Waals surface area contributed by atoms with Gasteiger partial charge >= 0.3 is 6.03 Å². The van der Waals surface area contributed by atoms with Crippen molar-refractivity contribution in [2.75, 3.05) is 7.11 Å². The third kappa shape index (κ3) is 6.69. The molecule has 0 radical (unpaired) electrons. The van der Waals surface area contributed by atoms with Crippen molar-refractivity contribution in [3.05, 3.63) is 70.0 Å². The summed E-state index contributed by atoms with van der Waals surface area (Å²) in [7, 11) is 1.62. The fourth-order valence-electron chi connectivity index (χ4n) is 2.95. The Kier molecular flexibility index (Phi) is 7.54. The van der Waals surface area contributed by atoms with Gasteiger partial charge in [0.15, 0.2) is 11.0 Å². The Morgan fingerprint density at radius 2 is 1.91 bits per heavy atom. The Morgan fingerprint density at radius 1 is 1.18 bits per heavy atom. The number of nitrogens with zero attached hydrogens (tertiary/aromatic N) is 4. The molecule has 0 atom stereocenters. The second-order valence-corrected chi connectivity index (χ2v) is 9.15. The van der Waals surface area contributed by atoms with Crippen molar-refractivity contribution < 1.29 is 14.5 Å². The van der Waals surface area contributed by atoms with Crippen LogP contribution in [0.5, 0.6) is 5.75 Å². The van der Waals surface area contributed by atoms with E-state index in [4.69, 9.17) is 4.74 Å². The average Bonchev–Trinajstić information content (AvgIpc) is 3.18. The maximum atomic E-state index is 12.2. The number of rotatable bonds is 8. The Morgan fingerprint density at radius 3 is 2.55 bits per heavy atom. The molecule has 0 saturated heterocycles. The maximum Gasteiger partial charge on any atom is 0.315 e. The van der Waals surface area contributed by atoms with Crippen LogP contribution in [-0.4, -0.2) is 38.4 Å². The number of urea groups is 1. The van der Waals surface area contributed by atoms with Gasteiger partial charge in [0.05, 0.1) is 18.6 Å². The number of thioether (sulfide) groups is 1. The van der Waals surface area contributed by atoms with E-state index in [1.165, 1.54) is 23.9 Å². The van der Waals surface area contributed by atoms with Crippen LogP contribution >= 0.6 is 11.8 Å². The number of ether oxygens (including phenoxy) is 1. The first-order valence-corrected chi connectivity index (χ1v) is 11.2. The Labute approximate surface area is 195 Å². The molecule has 3 rings (SSSR count). The number of carbonyl (C=O) groups is 1. The zero-order valence-corrected chi connectivity index (χ0v) is 19.7. The zero-order valence-electron chi connectivity index (χ0n) is 18.9. The van der Waals surface area contributed by atoms with Gasteiger partial charge in [-0.05, 0) is 50.6 Å². The number of hydrogen-bond donors (Lipinski definition) is 2. The lowest BCUT2D eigenvalue weighted by molar-refractivity contribution is -0.384. The monoisotopic (exact) mass is 470 g/mol. The zero-order chi connectivity index (χ0) is 24.0. The first-order chi connectivity index (χ1) is 15.7. The SMILES string of the molecule is COc1cccc(CSc2nnc(CNC(=O)NC(C)(C)C)n2-c2ccc([N+](=O)[O-])cc2)c1. The lowest BCUT2D eigenvalue weighted by Gasteiger charge is -2.20. The molecule has 0 saturated carbocycles. The van der Waals surface area contributed by atoms with Gasteiger partial charge in [0.2, 0.25) is 0 Å². The fraction of sp³-hybridized carbons (Fsp3) is 0.318. The normalized spacial score (nSPS) is 11.2. The molecule has 0 aliphatic heterocycles. The minimum Gasteiger partial charge on any atom is -0.497 e. The molecule has 0 unspecified atom stereocenters. The van der Waals surface area contributed by atoms with Gasteiger partial charge in [-0.3, -0.25) is 14.7 Å². The van der Waals surface area contributed by atoms with E-state index in [1.807, 2.05) is 45.0 Å². The van der Waals surface area contributed by atoms with Gasteiger partial charge in [0.25, 0.3) is 5.69 Å². The molecule has 0 aliphatic carbocycles. The number of hydrogen-bond acceptors (Lipinski definition) is 7. The highest BCUT2D eigenvalue weighted by molar-refractivity contribution is 7.98. The van der Waals surface area contributed by atoms with Gasteiger partial charge in [0, 0.05) is 29.1 Å². The molecule has 3 aromatic rings. The first-order valence-electron chi connectivity index (χ1n) is 10.2. The van der Waals surface area contributed by atoms with E-state index >= 15 is 0 Å². The average molecular weight is 471 g/mol. The number of methoxy groups -OCH3 is 1. The molecule has 33 heavy (non-hydrogen) atoms. The summed E-state index contributed by atoms with van der Waals surface area (Å²) < 4.78 is 7.06. The highest BCUT2D eigenvalue weighted by atomic mass is 32.2. The molecule has 2 aromatic carbocycles. The molecule has 0 fully saturated rings. The van der Waals surface area contributed by atoms with E-state index in [-0.39, 0.29) is 23.8 Å². The number of non-ortho nitro benzene ring substituents is 1. The largest absolute Gasteiger partial charge is 0.497 e. The van der Waals surface area contributed by atoms with Crippen LogP contribution in [0.3, 0.4) is 0 Å². The molecule has 174 valence electrons. The topological polar surface area (TPSA) is 124 Å². The van der Waals surface area contributed by atoms with Crippen LogP contribution in [0, 0.1) is 10.1 Å². The molecular weight excluding hydrogens is 444 g/mol. The molecule has 2 N–H and O–H groups in total. The van der Waals surface area contributed by atoms with Gasteiger partial charge in [-0.1, -0.05) is 23.9 Å². The summed E-state index contributed by atoms with van der Waals surface area (Å²) in [6.07, 6.45) is 0.